The summed E-state index contributed by atoms with van der Waals surface area (Å²) in [5, 5.41) is 15.6. The molecule has 0 bridgehead atoms. The van der Waals surface area contributed by atoms with E-state index >= 15 is 0 Å². The normalized spacial score (nSPS) is 15.6. The first-order valence-corrected chi connectivity index (χ1v) is 12.3. The van der Waals surface area contributed by atoms with Crippen LogP contribution < -0.4 is 14.4 Å². The number of nitrogens with zero attached hydrogens (tertiary/aromatic N) is 5. The zero-order valence-electron chi connectivity index (χ0n) is 19.6. The fourth-order valence-corrected chi connectivity index (χ4v) is 5.60. The Morgan fingerprint density at radius 2 is 1.56 bits per heavy atom. The van der Waals surface area contributed by atoms with Crippen LogP contribution in [0.1, 0.15) is 29.2 Å². The van der Waals surface area contributed by atoms with Crippen molar-refractivity contribution in [1.29, 1.82) is 0 Å². The third kappa shape index (κ3) is 4.17. The number of methoxy groups -OCH3 is 2. The molecule has 1 fully saturated rings. The fraction of sp³-hybridized carbons (Fsp3) is 0.360. The average Bonchev–Trinajstić information content (AvgIpc) is 3.44. The van der Waals surface area contributed by atoms with Gasteiger partial charge in [0, 0.05) is 38.3 Å². The summed E-state index contributed by atoms with van der Waals surface area (Å²) in [4.78, 5) is 11.0. The lowest BCUT2D eigenvalue weighted by Gasteiger charge is -2.40. The van der Waals surface area contributed by atoms with E-state index in [9.17, 15) is 5.11 Å². The molecule has 9 heteroatoms. The first-order valence-electron chi connectivity index (χ1n) is 11.5. The molecular weight excluding hydrogens is 450 g/mol. The van der Waals surface area contributed by atoms with E-state index in [1.54, 1.807) is 18.7 Å². The second kappa shape index (κ2) is 9.52. The Bertz CT molecular complexity index is 1240. The highest BCUT2D eigenvalue weighted by Crippen LogP contribution is 2.40. The van der Waals surface area contributed by atoms with Gasteiger partial charge in [0.15, 0.2) is 5.82 Å². The Balaban J connectivity index is 1.44. The summed E-state index contributed by atoms with van der Waals surface area (Å²) in [6, 6.07) is 16.2. The van der Waals surface area contributed by atoms with E-state index in [0.29, 0.717) is 0 Å². The van der Waals surface area contributed by atoms with Crippen molar-refractivity contribution in [2.45, 2.75) is 19.4 Å². The lowest BCUT2D eigenvalue weighted by Crippen LogP contribution is -2.47. The van der Waals surface area contributed by atoms with Crippen molar-refractivity contribution in [2.24, 2.45) is 0 Å². The highest BCUT2D eigenvalue weighted by Gasteiger charge is 2.32. The molecule has 4 aromatic rings. The smallest absolute Gasteiger partial charge is 0.230 e. The number of hydrogen-bond acceptors (Lipinski definition) is 8. The molecule has 1 aliphatic rings. The van der Waals surface area contributed by atoms with Crippen molar-refractivity contribution >= 4 is 22.0 Å². The predicted molar refractivity (Wildman–Crippen MR) is 134 cm³/mol. The Morgan fingerprint density at radius 1 is 0.941 bits per heavy atom. The number of thiazole rings is 1. The van der Waals surface area contributed by atoms with Crippen molar-refractivity contribution in [3.8, 4) is 17.4 Å². The molecule has 0 spiro atoms. The molecule has 1 N–H and O–H groups in total. The van der Waals surface area contributed by atoms with Crippen molar-refractivity contribution in [1.82, 2.24) is 19.5 Å². The van der Waals surface area contributed by atoms with E-state index in [1.807, 2.05) is 31.2 Å². The van der Waals surface area contributed by atoms with Gasteiger partial charge >= 0.3 is 0 Å². The van der Waals surface area contributed by atoms with Gasteiger partial charge in [0.1, 0.15) is 11.5 Å². The number of piperazine rings is 1. The molecule has 0 radical (unpaired) electrons. The van der Waals surface area contributed by atoms with E-state index in [1.165, 1.54) is 17.0 Å². The van der Waals surface area contributed by atoms with Crippen LogP contribution in [0.25, 0.3) is 4.96 Å². The molecule has 0 saturated carbocycles. The zero-order chi connectivity index (χ0) is 23.7. The molecule has 1 aliphatic heterocycles. The molecule has 178 valence electrons. The Morgan fingerprint density at radius 3 is 2.12 bits per heavy atom. The SMILES string of the molecule is CCc1nc2sc(C(c3ccc(OC)cc3)N3CCN(c4ccc(OC)cc4)CC3)c(O)n2n1. The van der Waals surface area contributed by atoms with Gasteiger partial charge in [-0.25, -0.2) is 4.98 Å². The van der Waals surface area contributed by atoms with Gasteiger partial charge in [-0.15, -0.1) is 5.10 Å². The van der Waals surface area contributed by atoms with Crippen LogP contribution in [0.15, 0.2) is 48.5 Å². The standard InChI is InChI=1S/C25H29N5O3S/c1-4-21-26-25-30(27-21)24(31)23(34-25)22(17-5-9-19(32-2)10-6-17)29-15-13-28(14-16-29)18-7-11-20(33-3)12-8-18/h5-12,22,31H,4,13-16H2,1-3H3. The highest BCUT2D eigenvalue weighted by atomic mass is 32.1. The summed E-state index contributed by atoms with van der Waals surface area (Å²) in [5.74, 6) is 2.58. The molecule has 2 aromatic carbocycles. The van der Waals surface area contributed by atoms with Gasteiger partial charge in [-0.3, -0.25) is 4.90 Å². The quantitative estimate of drug-likeness (QED) is 0.430. The van der Waals surface area contributed by atoms with Gasteiger partial charge in [0.2, 0.25) is 10.8 Å². The van der Waals surface area contributed by atoms with Crippen molar-refractivity contribution in [3.05, 3.63) is 64.8 Å². The Kier molecular flexibility index (Phi) is 6.30. The molecule has 34 heavy (non-hydrogen) atoms. The van der Waals surface area contributed by atoms with E-state index < -0.39 is 0 Å². The number of aromatic hydroxyl groups is 1. The van der Waals surface area contributed by atoms with Gasteiger partial charge in [-0.2, -0.15) is 4.52 Å². The largest absolute Gasteiger partial charge is 0.497 e. The fourth-order valence-electron chi connectivity index (χ4n) is 4.46. The van der Waals surface area contributed by atoms with Crippen molar-refractivity contribution in [2.75, 3.05) is 45.3 Å². The molecule has 8 nitrogen and oxygen atoms in total. The van der Waals surface area contributed by atoms with Gasteiger partial charge in [0.05, 0.1) is 25.1 Å². The monoisotopic (exact) mass is 479 g/mol. The van der Waals surface area contributed by atoms with E-state index in [0.717, 1.165) is 65.3 Å². The van der Waals surface area contributed by atoms with Gasteiger partial charge in [-0.05, 0) is 42.0 Å². The number of rotatable bonds is 7. The first kappa shape index (κ1) is 22.5. The molecule has 0 aliphatic carbocycles. The topological polar surface area (TPSA) is 75.4 Å². The number of fused-ring (bicyclic) bond motifs is 1. The van der Waals surface area contributed by atoms with Crippen LogP contribution in [0.5, 0.6) is 17.4 Å². The molecule has 0 amide bonds. The van der Waals surface area contributed by atoms with Crippen LogP contribution in [0.3, 0.4) is 0 Å². The average molecular weight is 480 g/mol. The van der Waals surface area contributed by atoms with Gasteiger partial charge in [-0.1, -0.05) is 30.4 Å². The summed E-state index contributed by atoms with van der Waals surface area (Å²) < 4.78 is 12.2. The number of ether oxygens (including phenoxy) is 2. The molecule has 2 aromatic heterocycles. The minimum Gasteiger partial charge on any atom is -0.497 e. The lowest BCUT2D eigenvalue weighted by atomic mass is 10.0. The van der Waals surface area contributed by atoms with Crippen LogP contribution in [0, 0.1) is 0 Å². The third-order valence-electron chi connectivity index (χ3n) is 6.36. The third-order valence-corrected chi connectivity index (χ3v) is 7.43. The summed E-state index contributed by atoms with van der Waals surface area (Å²) in [7, 11) is 3.35. The maximum atomic E-state index is 11.1. The van der Waals surface area contributed by atoms with Crippen LogP contribution in [0.2, 0.25) is 0 Å². The minimum absolute atomic E-state index is 0.0949. The molecule has 1 atom stereocenters. The predicted octanol–water partition coefficient (Wildman–Crippen LogP) is 3.99. The van der Waals surface area contributed by atoms with Gasteiger partial charge in [0.25, 0.3) is 0 Å². The molecule has 5 rings (SSSR count). The molecule has 1 unspecified atom stereocenters. The number of aromatic nitrogens is 3. The summed E-state index contributed by atoms with van der Waals surface area (Å²) in [6.45, 7) is 5.51. The van der Waals surface area contributed by atoms with Crippen molar-refractivity contribution < 1.29 is 14.6 Å². The summed E-state index contributed by atoms with van der Waals surface area (Å²) in [6.07, 6.45) is 0.735. The second-order valence-corrected chi connectivity index (χ2v) is 9.27. The van der Waals surface area contributed by atoms with E-state index in [-0.39, 0.29) is 11.9 Å². The molecular formula is C25H29N5O3S. The number of benzene rings is 2. The van der Waals surface area contributed by atoms with E-state index in [2.05, 4.69) is 44.1 Å². The second-order valence-electron chi connectivity index (χ2n) is 8.26. The van der Waals surface area contributed by atoms with Crippen LogP contribution in [0.4, 0.5) is 5.69 Å². The molecule has 1 saturated heterocycles. The summed E-state index contributed by atoms with van der Waals surface area (Å²) >= 11 is 1.51. The Hall–Kier alpha value is -3.30. The van der Waals surface area contributed by atoms with Crippen LogP contribution in [-0.2, 0) is 6.42 Å². The van der Waals surface area contributed by atoms with Crippen molar-refractivity contribution in [3.63, 3.8) is 0 Å². The zero-order valence-corrected chi connectivity index (χ0v) is 20.5. The summed E-state index contributed by atoms with van der Waals surface area (Å²) in [5.41, 5.74) is 2.30. The number of hydrogen-bond donors (Lipinski definition) is 1. The Labute approximate surface area is 203 Å². The molecule has 3 heterocycles. The highest BCUT2D eigenvalue weighted by molar-refractivity contribution is 7.17. The van der Waals surface area contributed by atoms with Crippen LogP contribution >= 0.6 is 11.3 Å². The maximum Gasteiger partial charge on any atom is 0.230 e. The number of aryl methyl sites for hydroxylation is 1. The maximum absolute atomic E-state index is 11.1. The van der Waals surface area contributed by atoms with Crippen LogP contribution in [-0.4, -0.2) is 65.0 Å². The van der Waals surface area contributed by atoms with Gasteiger partial charge < -0.3 is 19.5 Å². The first-order chi connectivity index (χ1) is 16.6. The number of anilines is 1. The van der Waals surface area contributed by atoms with E-state index in [4.69, 9.17) is 9.47 Å². The minimum atomic E-state index is -0.0949. The lowest BCUT2D eigenvalue weighted by molar-refractivity contribution is 0.211.